The summed E-state index contributed by atoms with van der Waals surface area (Å²) in [5, 5.41) is 1.02. The molecule has 140 valence electrons. The van der Waals surface area contributed by atoms with Gasteiger partial charge in [0.25, 0.3) is 0 Å². The molecule has 0 amide bonds. The Morgan fingerprint density at radius 2 is 1.78 bits per heavy atom. The van der Waals surface area contributed by atoms with Crippen molar-refractivity contribution in [3.63, 3.8) is 0 Å². The summed E-state index contributed by atoms with van der Waals surface area (Å²) in [6, 6.07) is 12.6. The summed E-state index contributed by atoms with van der Waals surface area (Å²) >= 11 is 0. The van der Waals surface area contributed by atoms with E-state index in [1.807, 2.05) is 25.1 Å². The van der Waals surface area contributed by atoms with Crippen molar-refractivity contribution in [1.82, 2.24) is 0 Å². The number of piperazine rings is 1. The van der Waals surface area contributed by atoms with E-state index in [0.29, 0.717) is 11.3 Å². The van der Waals surface area contributed by atoms with Crippen molar-refractivity contribution in [2.24, 2.45) is 0 Å². The highest BCUT2D eigenvalue weighted by Gasteiger charge is 2.23. The van der Waals surface area contributed by atoms with Crippen LogP contribution in [-0.2, 0) is 6.54 Å². The summed E-state index contributed by atoms with van der Waals surface area (Å²) in [5.74, 6) is -0.168. The van der Waals surface area contributed by atoms with E-state index in [-0.39, 0.29) is 11.4 Å². The quantitative estimate of drug-likeness (QED) is 0.723. The minimum Gasteiger partial charge on any atom is -0.423 e. The van der Waals surface area contributed by atoms with Gasteiger partial charge in [0.15, 0.2) is 0 Å². The Morgan fingerprint density at radius 1 is 1.07 bits per heavy atom. The normalized spacial score (nSPS) is 15.4. The lowest BCUT2D eigenvalue weighted by Gasteiger charge is -2.33. The number of aryl methyl sites for hydroxylation is 2. The van der Waals surface area contributed by atoms with E-state index in [9.17, 15) is 9.18 Å². The summed E-state index contributed by atoms with van der Waals surface area (Å²) in [4.78, 5) is 15.5. The molecule has 2 heterocycles. The lowest BCUT2D eigenvalue weighted by molar-refractivity contribution is -0.914. The van der Waals surface area contributed by atoms with Gasteiger partial charge >= 0.3 is 5.63 Å². The maximum absolute atomic E-state index is 14.0. The largest absolute Gasteiger partial charge is 0.423 e. The van der Waals surface area contributed by atoms with Gasteiger partial charge in [0.2, 0.25) is 0 Å². The van der Waals surface area contributed by atoms with Crippen molar-refractivity contribution in [2.75, 3.05) is 31.1 Å². The van der Waals surface area contributed by atoms with E-state index in [1.54, 1.807) is 12.1 Å². The predicted molar refractivity (Wildman–Crippen MR) is 105 cm³/mol. The van der Waals surface area contributed by atoms with E-state index >= 15 is 0 Å². The first-order chi connectivity index (χ1) is 13.0. The van der Waals surface area contributed by atoms with Gasteiger partial charge in [-0.15, -0.1) is 0 Å². The van der Waals surface area contributed by atoms with Crippen LogP contribution < -0.4 is 15.4 Å². The standard InChI is InChI=1S/C22H23FN2O2/c1-15-11-18-17(13-22(26)27-21(18)12-16(15)2)14-24-7-9-25(10-8-24)20-6-4-3-5-19(20)23/h3-6,11-13H,7-10,14H2,1-2H3/p+1. The van der Waals surface area contributed by atoms with Crippen LogP contribution in [0.3, 0.4) is 0 Å². The average Bonchev–Trinajstić information content (AvgIpc) is 2.64. The van der Waals surface area contributed by atoms with Gasteiger partial charge in [-0.1, -0.05) is 12.1 Å². The molecule has 0 bridgehead atoms. The van der Waals surface area contributed by atoms with Gasteiger partial charge in [-0.25, -0.2) is 9.18 Å². The van der Waals surface area contributed by atoms with Crippen molar-refractivity contribution >= 4 is 16.7 Å². The molecule has 0 spiro atoms. The minimum absolute atomic E-state index is 0.168. The Bertz CT molecular complexity index is 1040. The fourth-order valence-corrected chi connectivity index (χ4v) is 3.85. The molecular formula is C22H24FN2O2+. The number of anilines is 1. The maximum Gasteiger partial charge on any atom is 0.336 e. The zero-order valence-corrected chi connectivity index (χ0v) is 15.7. The topological polar surface area (TPSA) is 37.9 Å². The van der Waals surface area contributed by atoms with Crippen LogP contribution in [0.2, 0.25) is 0 Å². The molecule has 0 aliphatic carbocycles. The number of fused-ring (bicyclic) bond motifs is 1. The molecule has 1 aromatic heterocycles. The molecule has 5 heteroatoms. The van der Waals surface area contributed by atoms with Gasteiger partial charge in [-0.05, 0) is 49.2 Å². The number of rotatable bonds is 3. The van der Waals surface area contributed by atoms with Crippen molar-refractivity contribution in [1.29, 1.82) is 0 Å². The van der Waals surface area contributed by atoms with Crippen LogP contribution >= 0.6 is 0 Å². The van der Waals surface area contributed by atoms with Crippen LogP contribution in [0.15, 0.2) is 51.7 Å². The number of benzene rings is 2. The molecule has 0 saturated carbocycles. The van der Waals surface area contributed by atoms with Crippen LogP contribution in [0, 0.1) is 19.7 Å². The van der Waals surface area contributed by atoms with Crippen LogP contribution in [0.4, 0.5) is 10.1 Å². The molecular weight excluding hydrogens is 343 g/mol. The highest BCUT2D eigenvalue weighted by Crippen LogP contribution is 2.21. The monoisotopic (exact) mass is 367 g/mol. The molecule has 0 unspecified atom stereocenters. The minimum atomic E-state index is -0.301. The Labute approximate surface area is 157 Å². The molecule has 4 nitrogen and oxygen atoms in total. The Hall–Kier alpha value is -2.66. The molecule has 0 radical (unpaired) electrons. The molecule has 1 aliphatic rings. The second-order valence-electron chi connectivity index (χ2n) is 7.39. The SMILES string of the molecule is Cc1cc2oc(=O)cc(C[NH+]3CCN(c4ccccc4F)CC3)c2cc1C. The number of para-hydroxylation sites is 1. The zero-order valence-electron chi connectivity index (χ0n) is 15.7. The summed E-state index contributed by atoms with van der Waals surface area (Å²) < 4.78 is 19.4. The summed E-state index contributed by atoms with van der Waals surface area (Å²) in [6.07, 6.45) is 0. The first kappa shape index (κ1) is 17.7. The summed E-state index contributed by atoms with van der Waals surface area (Å²) in [5.41, 5.74) is 4.37. The third-order valence-electron chi connectivity index (χ3n) is 5.55. The maximum atomic E-state index is 14.0. The lowest BCUT2D eigenvalue weighted by atomic mass is 10.0. The van der Waals surface area contributed by atoms with Crippen molar-refractivity contribution in [3.8, 4) is 0 Å². The van der Waals surface area contributed by atoms with E-state index < -0.39 is 0 Å². The van der Waals surface area contributed by atoms with Crippen molar-refractivity contribution in [2.45, 2.75) is 20.4 Å². The van der Waals surface area contributed by atoms with Gasteiger partial charge in [0.05, 0.1) is 31.9 Å². The van der Waals surface area contributed by atoms with Gasteiger partial charge in [0.1, 0.15) is 17.9 Å². The summed E-state index contributed by atoms with van der Waals surface area (Å²) in [6.45, 7) is 8.28. The van der Waals surface area contributed by atoms with Crippen molar-refractivity contribution < 1.29 is 13.7 Å². The number of nitrogens with one attached hydrogen (secondary N) is 1. The Morgan fingerprint density at radius 3 is 2.52 bits per heavy atom. The van der Waals surface area contributed by atoms with Crippen LogP contribution in [0.25, 0.3) is 11.0 Å². The number of nitrogens with zero attached hydrogens (tertiary/aromatic N) is 1. The second kappa shape index (κ2) is 7.16. The Kier molecular flexibility index (Phi) is 4.70. The first-order valence-electron chi connectivity index (χ1n) is 9.38. The molecule has 1 N–H and O–H groups in total. The van der Waals surface area contributed by atoms with E-state index in [2.05, 4.69) is 17.9 Å². The molecule has 1 fully saturated rings. The van der Waals surface area contributed by atoms with Gasteiger partial charge in [-0.2, -0.15) is 0 Å². The number of quaternary nitrogens is 1. The van der Waals surface area contributed by atoms with E-state index in [0.717, 1.165) is 49.2 Å². The van der Waals surface area contributed by atoms with Crippen LogP contribution in [0.5, 0.6) is 0 Å². The van der Waals surface area contributed by atoms with E-state index in [1.165, 1.54) is 16.5 Å². The lowest BCUT2D eigenvalue weighted by Crippen LogP contribution is -3.13. The smallest absolute Gasteiger partial charge is 0.336 e. The van der Waals surface area contributed by atoms with Gasteiger partial charge in [0, 0.05) is 17.0 Å². The number of hydrogen-bond acceptors (Lipinski definition) is 3. The first-order valence-corrected chi connectivity index (χ1v) is 9.38. The van der Waals surface area contributed by atoms with E-state index in [4.69, 9.17) is 4.42 Å². The van der Waals surface area contributed by atoms with Gasteiger partial charge < -0.3 is 14.2 Å². The summed E-state index contributed by atoms with van der Waals surface area (Å²) in [7, 11) is 0. The number of hydrogen-bond donors (Lipinski definition) is 1. The van der Waals surface area contributed by atoms with Gasteiger partial charge in [-0.3, -0.25) is 0 Å². The molecule has 2 aromatic carbocycles. The zero-order chi connectivity index (χ0) is 19.0. The molecule has 27 heavy (non-hydrogen) atoms. The van der Waals surface area contributed by atoms with Crippen LogP contribution in [-0.4, -0.2) is 26.2 Å². The average molecular weight is 367 g/mol. The predicted octanol–water partition coefficient (Wildman–Crippen LogP) is 2.45. The van der Waals surface area contributed by atoms with Crippen molar-refractivity contribution in [3.05, 3.63) is 75.4 Å². The highest BCUT2D eigenvalue weighted by atomic mass is 19.1. The third kappa shape index (κ3) is 3.60. The molecule has 3 aromatic rings. The molecule has 1 aliphatic heterocycles. The highest BCUT2D eigenvalue weighted by molar-refractivity contribution is 5.81. The molecule has 4 rings (SSSR count). The number of halogens is 1. The third-order valence-corrected chi connectivity index (χ3v) is 5.55. The Balaban J connectivity index is 1.53. The molecule has 0 atom stereocenters. The molecule has 1 saturated heterocycles. The fraction of sp³-hybridized carbons (Fsp3) is 0.318. The van der Waals surface area contributed by atoms with Crippen LogP contribution in [0.1, 0.15) is 16.7 Å². The fourth-order valence-electron chi connectivity index (χ4n) is 3.85. The second-order valence-corrected chi connectivity index (χ2v) is 7.39.